The molecule has 0 saturated carbocycles. The fourth-order valence-corrected chi connectivity index (χ4v) is 1.79. The Morgan fingerprint density at radius 1 is 1.26 bits per heavy atom. The van der Waals surface area contributed by atoms with Crippen molar-refractivity contribution >= 4 is 11.8 Å². The van der Waals surface area contributed by atoms with Crippen LogP contribution in [0.2, 0.25) is 0 Å². The Morgan fingerprint density at radius 3 is 2.47 bits per heavy atom. The van der Waals surface area contributed by atoms with Crippen molar-refractivity contribution in [3.8, 4) is 0 Å². The predicted molar refractivity (Wildman–Crippen MR) is 74.7 cm³/mol. The Kier molecular flexibility index (Phi) is 5.95. The molecule has 19 heavy (non-hydrogen) atoms. The van der Waals surface area contributed by atoms with Gasteiger partial charge in [-0.3, -0.25) is 0 Å². The fourth-order valence-electron chi connectivity index (χ4n) is 1.79. The van der Waals surface area contributed by atoms with E-state index in [4.69, 9.17) is 0 Å². The molecule has 0 spiro atoms. The maximum absolute atomic E-state index is 13.6. The van der Waals surface area contributed by atoms with Gasteiger partial charge in [-0.25, -0.2) is 9.37 Å². The van der Waals surface area contributed by atoms with Gasteiger partial charge >= 0.3 is 0 Å². The zero-order valence-electron chi connectivity index (χ0n) is 11.8. The lowest BCUT2D eigenvalue weighted by atomic mass is 9.83. The van der Waals surface area contributed by atoms with Crippen LogP contribution in [0.3, 0.4) is 0 Å². The molecule has 6 heteroatoms. The molecule has 1 heterocycles. The van der Waals surface area contributed by atoms with Gasteiger partial charge in [0.2, 0.25) is 5.95 Å². The summed E-state index contributed by atoms with van der Waals surface area (Å²) in [7, 11) is 0. The van der Waals surface area contributed by atoms with Crippen molar-refractivity contribution in [3.05, 3.63) is 12.0 Å². The molecule has 0 aliphatic heterocycles. The van der Waals surface area contributed by atoms with Gasteiger partial charge in [-0.2, -0.15) is 4.98 Å². The molecule has 0 unspecified atom stereocenters. The first-order valence-electron chi connectivity index (χ1n) is 6.72. The lowest BCUT2D eigenvalue weighted by Crippen LogP contribution is -2.32. The highest BCUT2D eigenvalue weighted by atomic mass is 19.1. The molecular formula is C13H23FN4O. The molecule has 0 aliphatic carbocycles. The Labute approximate surface area is 113 Å². The van der Waals surface area contributed by atoms with Crippen LogP contribution in [0.15, 0.2) is 6.20 Å². The van der Waals surface area contributed by atoms with E-state index in [9.17, 15) is 9.50 Å². The summed E-state index contributed by atoms with van der Waals surface area (Å²) in [4.78, 5) is 7.92. The summed E-state index contributed by atoms with van der Waals surface area (Å²) in [5.41, 5.74) is -0.240. The van der Waals surface area contributed by atoms with Crippen LogP contribution >= 0.6 is 0 Å². The Bertz CT molecular complexity index is 388. The number of halogens is 1. The molecule has 0 fully saturated rings. The van der Waals surface area contributed by atoms with E-state index >= 15 is 0 Å². The van der Waals surface area contributed by atoms with E-state index in [1.165, 1.54) is 0 Å². The highest BCUT2D eigenvalue weighted by molar-refractivity contribution is 5.41. The maximum Gasteiger partial charge on any atom is 0.224 e. The molecular weight excluding hydrogens is 247 g/mol. The van der Waals surface area contributed by atoms with E-state index < -0.39 is 5.82 Å². The first-order chi connectivity index (χ1) is 9.10. The minimum absolute atomic E-state index is 0.0692. The van der Waals surface area contributed by atoms with Crippen LogP contribution in [0.4, 0.5) is 16.2 Å². The minimum atomic E-state index is -0.485. The molecule has 1 aromatic rings. The number of anilines is 2. The zero-order valence-corrected chi connectivity index (χ0v) is 11.8. The van der Waals surface area contributed by atoms with Gasteiger partial charge in [0, 0.05) is 18.5 Å². The lowest BCUT2D eigenvalue weighted by molar-refractivity contribution is 0.127. The van der Waals surface area contributed by atoms with Crippen LogP contribution in [-0.2, 0) is 0 Å². The molecule has 0 bridgehead atoms. The number of hydrogen-bond acceptors (Lipinski definition) is 5. The standard InChI is InChI=1S/C13H23FN4O/c1-4-13(5-2,9-19)8-17-11-10(14)7-16-12(18-11)15-6-3/h7,19H,4-6,8-9H2,1-3H3,(H2,15,16,17,18). The van der Waals surface area contributed by atoms with Gasteiger partial charge in [-0.05, 0) is 19.8 Å². The van der Waals surface area contributed by atoms with Gasteiger partial charge < -0.3 is 15.7 Å². The second-order valence-electron chi connectivity index (χ2n) is 4.64. The van der Waals surface area contributed by atoms with Crippen molar-refractivity contribution in [1.29, 1.82) is 0 Å². The minimum Gasteiger partial charge on any atom is -0.396 e. The van der Waals surface area contributed by atoms with Gasteiger partial charge in [0.1, 0.15) is 0 Å². The summed E-state index contributed by atoms with van der Waals surface area (Å²) in [6.45, 7) is 7.18. The van der Waals surface area contributed by atoms with E-state index in [0.717, 1.165) is 19.0 Å². The predicted octanol–water partition coefficient (Wildman–Crippen LogP) is 2.26. The lowest BCUT2D eigenvalue weighted by Gasteiger charge is -2.29. The van der Waals surface area contributed by atoms with Crippen LogP contribution < -0.4 is 10.6 Å². The SMILES string of the molecule is CCNc1ncc(F)c(NCC(CC)(CC)CO)n1. The molecule has 1 rings (SSSR count). The second kappa shape index (κ2) is 7.23. The summed E-state index contributed by atoms with van der Waals surface area (Å²) >= 11 is 0. The molecule has 3 N–H and O–H groups in total. The summed E-state index contributed by atoms with van der Waals surface area (Å²) in [6.07, 6.45) is 2.78. The molecule has 0 amide bonds. The van der Waals surface area contributed by atoms with Crippen LogP contribution in [0.5, 0.6) is 0 Å². The second-order valence-corrected chi connectivity index (χ2v) is 4.64. The van der Waals surface area contributed by atoms with Crippen LogP contribution in [0.1, 0.15) is 33.6 Å². The highest BCUT2D eigenvalue weighted by Gasteiger charge is 2.25. The van der Waals surface area contributed by atoms with Crippen molar-refractivity contribution in [3.63, 3.8) is 0 Å². The van der Waals surface area contributed by atoms with Crippen LogP contribution in [0.25, 0.3) is 0 Å². The number of nitrogens with one attached hydrogen (secondary N) is 2. The number of nitrogens with zero attached hydrogens (tertiary/aromatic N) is 2. The molecule has 108 valence electrons. The monoisotopic (exact) mass is 270 g/mol. The summed E-state index contributed by atoms with van der Waals surface area (Å²) in [6, 6.07) is 0. The normalized spacial score (nSPS) is 11.4. The number of hydrogen-bond donors (Lipinski definition) is 3. The summed E-state index contributed by atoms with van der Waals surface area (Å²) < 4.78 is 13.6. The molecule has 0 aromatic carbocycles. The quantitative estimate of drug-likeness (QED) is 0.676. The zero-order chi connectivity index (χ0) is 14.3. The molecule has 5 nitrogen and oxygen atoms in total. The number of aromatic nitrogens is 2. The number of aliphatic hydroxyl groups excluding tert-OH is 1. The van der Waals surface area contributed by atoms with E-state index in [1.54, 1.807) is 0 Å². The van der Waals surface area contributed by atoms with Gasteiger partial charge in [0.15, 0.2) is 11.6 Å². The maximum atomic E-state index is 13.6. The van der Waals surface area contributed by atoms with E-state index in [1.807, 2.05) is 20.8 Å². The van der Waals surface area contributed by atoms with Gasteiger partial charge in [0.25, 0.3) is 0 Å². The van der Waals surface area contributed by atoms with Crippen molar-refractivity contribution in [2.45, 2.75) is 33.6 Å². The third-order valence-corrected chi connectivity index (χ3v) is 3.55. The fraction of sp³-hybridized carbons (Fsp3) is 0.692. The van der Waals surface area contributed by atoms with E-state index in [0.29, 0.717) is 19.0 Å². The third kappa shape index (κ3) is 4.02. The molecule has 0 aliphatic rings. The average molecular weight is 270 g/mol. The smallest absolute Gasteiger partial charge is 0.224 e. The van der Waals surface area contributed by atoms with Gasteiger partial charge in [0.05, 0.1) is 12.8 Å². The molecule has 0 radical (unpaired) electrons. The Balaban J connectivity index is 2.78. The number of aliphatic hydroxyl groups is 1. The van der Waals surface area contributed by atoms with Crippen molar-refractivity contribution in [2.75, 3.05) is 30.3 Å². The summed E-state index contributed by atoms with van der Waals surface area (Å²) in [5.74, 6) is 0.0837. The summed E-state index contributed by atoms with van der Waals surface area (Å²) in [5, 5.41) is 15.4. The van der Waals surface area contributed by atoms with Crippen molar-refractivity contribution in [1.82, 2.24) is 9.97 Å². The Morgan fingerprint density at radius 2 is 1.95 bits per heavy atom. The average Bonchev–Trinajstić information content (AvgIpc) is 2.44. The van der Waals surface area contributed by atoms with Gasteiger partial charge in [-0.15, -0.1) is 0 Å². The van der Waals surface area contributed by atoms with Crippen molar-refractivity contribution < 1.29 is 9.50 Å². The van der Waals surface area contributed by atoms with Crippen LogP contribution in [-0.4, -0.2) is 34.8 Å². The topological polar surface area (TPSA) is 70.1 Å². The first kappa shape index (κ1) is 15.6. The van der Waals surface area contributed by atoms with E-state index in [-0.39, 0.29) is 17.8 Å². The third-order valence-electron chi connectivity index (χ3n) is 3.55. The Hall–Kier alpha value is -1.43. The molecule has 1 aromatic heterocycles. The highest BCUT2D eigenvalue weighted by Crippen LogP contribution is 2.26. The van der Waals surface area contributed by atoms with Gasteiger partial charge in [-0.1, -0.05) is 13.8 Å². The van der Waals surface area contributed by atoms with E-state index in [2.05, 4.69) is 20.6 Å². The largest absolute Gasteiger partial charge is 0.396 e. The molecule has 0 saturated heterocycles. The first-order valence-corrected chi connectivity index (χ1v) is 6.72. The van der Waals surface area contributed by atoms with Crippen LogP contribution in [0, 0.1) is 11.2 Å². The number of rotatable bonds is 8. The van der Waals surface area contributed by atoms with Crippen molar-refractivity contribution in [2.24, 2.45) is 5.41 Å². The molecule has 0 atom stereocenters.